The average Bonchev–Trinajstić information content (AvgIpc) is 3.00. The van der Waals surface area contributed by atoms with Gasteiger partial charge in [0.15, 0.2) is 0 Å². The molecule has 0 aliphatic rings. The summed E-state index contributed by atoms with van der Waals surface area (Å²) in [6.45, 7) is 10.6. The molecule has 1 N–H and O–H groups in total. The first-order valence-corrected chi connectivity index (χ1v) is 19.1. The minimum Gasteiger partial charge on any atom is -0.302 e. The van der Waals surface area contributed by atoms with E-state index in [0.717, 1.165) is 13.2 Å². The number of unbranched alkanes of at least 4 members (excludes halogenated alkanes) is 25. The van der Waals surface area contributed by atoms with Crippen molar-refractivity contribution in [1.29, 1.82) is 0 Å². The van der Waals surface area contributed by atoms with E-state index in [4.69, 9.17) is 4.84 Å². The zero-order chi connectivity index (χ0) is 30.6. The third-order valence-electron chi connectivity index (χ3n) is 8.69. The number of hydroxylamine groups is 1. The maximum absolute atomic E-state index is 5.11. The lowest BCUT2D eigenvalue weighted by Crippen LogP contribution is -2.15. The Morgan fingerprint density at radius 1 is 0.452 bits per heavy atom. The highest BCUT2D eigenvalue weighted by atomic mass is 16.6. The molecule has 0 atom stereocenters. The summed E-state index contributed by atoms with van der Waals surface area (Å²) >= 11 is 0. The summed E-state index contributed by atoms with van der Waals surface area (Å²) < 4.78 is 0. The van der Waals surface area contributed by atoms with Crippen molar-refractivity contribution in [3.05, 3.63) is 35.4 Å². The normalized spacial score (nSPS) is 11.0. The molecule has 0 bridgehead atoms. The van der Waals surface area contributed by atoms with Crippen LogP contribution in [0.4, 0.5) is 0 Å². The number of hydrogen-bond acceptors (Lipinski definition) is 2. The van der Waals surface area contributed by atoms with Crippen LogP contribution in [0.2, 0.25) is 0 Å². The first kappa shape index (κ1) is 41.1. The minimum absolute atomic E-state index is 0.763. The standard InChI is InChI=1S/C20H43NO.C20H34/c1-3-5-6-7-8-9-10-11-12-13-14-15-16-17-18-19-20-21-22-4-2;1-3-4-5-6-7-8-9-10-11-12-13-17-20-18-15-14-16-19(20)2/h21H,3-20H2,1-2H3;14-16,18H,3-13,17H2,1-2H3. The molecule has 248 valence electrons. The minimum atomic E-state index is 0.763. The predicted molar refractivity (Wildman–Crippen MR) is 191 cm³/mol. The predicted octanol–water partition coefficient (Wildman–Crippen LogP) is 13.6. The van der Waals surface area contributed by atoms with Gasteiger partial charge in [0.25, 0.3) is 0 Å². The lowest BCUT2D eigenvalue weighted by molar-refractivity contribution is 0.0500. The summed E-state index contributed by atoms with van der Waals surface area (Å²) in [5.74, 6) is 0. The molecule has 0 aliphatic heterocycles. The van der Waals surface area contributed by atoms with Gasteiger partial charge in [-0.15, -0.1) is 0 Å². The first-order valence-electron chi connectivity index (χ1n) is 19.1. The summed E-state index contributed by atoms with van der Waals surface area (Å²) in [6.07, 6.45) is 39.8. The van der Waals surface area contributed by atoms with Crippen LogP contribution >= 0.6 is 0 Å². The van der Waals surface area contributed by atoms with Gasteiger partial charge in [-0.25, -0.2) is 5.48 Å². The van der Waals surface area contributed by atoms with Gasteiger partial charge in [0, 0.05) is 6.54 Å². The second kappa shape index (κ2) is 36.3. The zero-order valence-electron chi connectivity index (χ0n) is 29.4. The van der Waals surface area contributed by atoms with Crippen LogP contribution in [0.3, 0.4) is 0 Å². The quantitative estimate of drug-likeness (QED) is 0.0689. The van der Waals surface area contributed by atoms with Crippen LogP contribution in [0, 0.1) is 6.92 Å². The molecule has 0 unspecified atom stereocenters. The van der Waals surface area contributed by atoms with Crippen molar-refractivity contribution in [1.82, 2.24) is 5.48 Å². The first-order chi connectivity index (χ1) is 20.8. The van der Waals surface area contributed by atoms with Crippen LogP contribution < -0.4 is 5.48 Å². The SMILES string of the molecule is CCCCCCCCCCCCCCCCCCNOCC.CCCCCCCCCCCCCc1ccccc1C. The van der Waals surface area contributed by atoms with Crippen LogP contribution in [0.15, 0.2) is 24.3 Å². The number of hydrogen-bond donors (Lipinski definition) is 1. The number of nitrogens with one attached hydrogen (secondary N) is 1. The molecule has 0 saturated heterocycles. The highest BCUT2D eigenvalue weighted by Gasteiger charge is 1.98. The largest absolute Gasteiger partial charge is 0.302 e. The van der Waals surface area contributed by atoms with Gasteiger partial charge in [-0.05, 0) is 44.2 Å². The van der Waals surface area contributed by atoms with Crippen molar-refractivity contribution in [2.24, 2.45) is 0 Å². The summed E-state index contributed by atoms with van der Waals surface area (Å²) in [6, 6.07) is 8.82. The lowest BCUT2D eigenvalue weighted by Gasteiger charge is -2.05. The topological polar surface area (TPSA) is 21.3 Å². The van der Waals surface area contributed by atoms with Crippen molar-refractivity contribution in [2.75, 3.05) is 13.2 Å². The van der Waals surface area contributed by atoms with E-state index in [2.05, 4.69) is 50.5 Å². The maximum atomic E-state index is 5.11. The highest BCUT2D eigenvalue weighted by Crippen LogP contribution is 2.15. The van der Waals surface area contributed by atoms with E-state index in [1.165, 1.54) is 185 Å². The van der Waals surface area contributed by atoms with Gasteiger partial charge in [0.2, 0.25) is 0 Å². The molecule has 1 aromatic rings. The molecule has 0 aromatic heterocycles. The van der Waals surface area contributed by atoms with Crippen molar-refractivity contribution in [2.45, 2.75) is 207 Å². The third kappa shape index (κ3) is 32.1. The lowest BCUT2D eigenvalue weighted by atomic mass is 10.0. The number of benzene rings is 1. The van der Waals surface area contributed by atoms with Gasteiger partial charge in [-0.1, -0.05) is 199 Å². The smallest absolute Gasteiger partial charge is 0.0653 e. The Bertz CT molecular complexity index is 595. The molecule has 2 heteroatoms. The van der Waals surface area contributed by atoms with Crippen LogP contribution in [0.5, 0.6) is 0 Å². The molecule has 0 heterocycles. The molecule has 0 aliphatic carbocycles. The van der Waals surface area contributed by atoms with Gasteiger partial charge in [-0.2, -0.15) is 0 Å². The Morgan fingerprint density at radius 3 is 1.19 bits per heavy atom. The fraction of sp³-hybridized carbons (Fsp3) is 0.850. The fourth-order valence-corrected chi connectivity index (χ4v) is 5.79. The van der Waals surface area contributed by atoms with Crippen LogP contribution in [0.1, 0.15) is 205 Å². The Balaban J connectivity index is 0.000000803. The molecule has 0 amide bonds. The van der Waals surface area contributed by atoms with E-state index in [1.54, 1.807) is 5.56 Å². The van der Waals surface area contributed by atoms with Gasteiger partial charge < -0.3 is 4.84 Å². The summed E-state index contributed by atoms with van der Waals surface area (Å²) in [4.78, 5) is 5.11. The van der Waals surface area contributed by atoms with Gasteiger partial charge in [-0.3, -0.25) is 0 Å². The fourth-order valence-electron chi connectivity index (χ4n) is 5.79. The number of rotatable bonds is 31. The van der Waals surface area contributed by atoms with Crippen molar-refractivity contribution < 1.29 is 4.84 Å². The molecule has 1 aromatic carbocycles. The van der Waals surface area contributed by atoms with E-state index >= 15 is 0 Å². The molecule has 0 spiro atoms. The van der Waals surface area contributed by atoms with Crippen molar-refractivity contribution in [3.63, 3.8) is 0 Å². The van der Waals surface area contributed by atoms with Crippen molar-refractivity contribution in [3.8, 4) is 0 Å². The molecule has 0 fully saturated rings. The summed E-state index contributed by atoms with van der Waals surface area (Å²) in [5.41, 5.74) is 5.99. The van der Waals surface area contributed by atoms with Crippen LogP contribution in [-0.4, -0.2) is 13.2 Å². The number of aryl methyl sites for hydroxylation is 2. The van der Waals surface area contributed by atoms with E-state index in [9.17, 15) is 0 Å². The second-order valence-corrected chi connectivity index (χ2v) is 12.8. The summed E-state index contributed by atoms with van der Waals surface area (Å²) in [7, 11) is 0. The van der Waals surface area contributed by atoms with Gasteiger partial charge >= 0.3 is 0 Å². The third-order valence-corrected chi connectivity index (χ3v) is 8.69. The molecular weight excluding hydrogens is 510 g/mol. The Hall–Kier alpha value is -0.860. The monoisotopic (exact) mass is 588 g/mol. The van der Waals surface area contributed by atoms with Crippen LogP contribution in [-0.2, 0) is 11.3 Å². The van der Waals surface area contributed by atoms with Gasteiger partial charge in [0.1, 0.15) is 0 Å². The van der Waals surface area contributed by atoms with Crippen LogP contribution in [0.25, 0.3) is 0 Å². The van der Waals surface area contributed by atoms with E-state index < -0.39 is 0 Å². The Kier molecular flexibility index (Phi) is 35.6. The van der Waals surface area contributed by atoms with Gasteiger partial charge in [0.05, 0.1) is 6.61 Å². The molecule has 0 radical (unpaired) electrons. The molecule has 2 nitrogen and oxygen atoms in total. The molecular formula is C40H77NO. The van der Waals surface area contributed by atoms with E-state index in [1.807, 2.05) is 6.92 Å². The van der Waals surface area contributed by atoms with Crippen molar-refractivity contribution >= 4 is 0 Å². The van der Waals surface area contributed by atoms with E-state index in [0.29, 0.717) is 0 Å². The van der Waals surface area contributed by atoms with E-state index in [-0.39, 0.29) is 0 Å². The zero-order valence-corrected chi connectivity index (χ0v) is 29.4. The maximum Gasteiger partial charge on any atom is 0.0653 e. The highest BCUT2D eigenvalue weighted by molar-refractivity contribution is 5.25. The molecule has 0 saturated carbocycles. The molecule has 1 rings (SSSR count). The Morgan fingerprint density at radius 2 is 0.810 bits per heavy atom. The summed E-state index contributed by atoms with van der Waals surface area (Å²) in [5, 5.41) is 0. The molecule has 42 heavy (non-hydrogen) atoms. The Labute approximate surface area is 265 Å². The second-order valence-electron chi connectivity index (χ2n) is 12.8. The average molecular weight is 588 g/mol.